The standard InChI is InChI=1S/C10H12BN3O2S/c1-5-2-6(3-8(11)7(5)4-15)16-10(14)17-9(12)13/h2-3,14-15H,4H2,1H3,(H3,12,13). The average Bonchev–Trinajstić information content (AvgIpc) is 2.15. The van der Waals surface area contributed by atoms with E-state index < -0.39 is 0 Å². The molecule has 1 aromatic carbocycles. The SMILES string of the molecule is [B]c1cc(OC(=N)SC(=N)N)cc(C)c1CO. The van der Waals surface area contributed by atoms with E-state index in [1.165, 1.54) is 6.07 Å². The zero-order valence-corrected chi connectivity index (χ0v) is 10.1. The van der Waals surface area contributed by atoms with Gasteiger partial charge in [-0.05, 0) is 30.2 Å². The van der Waals surface area contributed by atoms with E-state index >= 15 is 0 Å². The summed E-state index contributed by atoms with van der Waals surface area (Å²) in [6, 6.07) is 3.19. The van der Waals surface area contributed by atoms with E-state index in [2.05, 4.69) is 0 Å². The Kier molecular flexibility index (Phi) is 4.59. The first kappa shape index (κ1) is 13.6. The Balaban J connectivity index is 2.86. The third-order valence-corrected chi connectivity index (χ3v) is 2.54. The predicted molar refractivity (Wildman–Crippen MR) is 70.3 cm³/mol. The highest BCUT2D eigenvalue weighted by Gasteiger charge is 2.08. The predicted octanol–water partition coefficient (Wildman–Crippen LogP) is 0.221. The number of nitrogens with one attached hydrogen (secondary N) is 2. The lowest BCUT2D eigenvalue weighted by atomic mass is 9.88. The molecule has 0 unspecified atom stereocenters. The maximum absolute atomic E-state index is 9.08. The van der Waals surface area contributed by atoms with Crippen LogP contribution in [0, 0.1) is 17.7 Å². The third-order valence-electron chi connectivity index (χ3n) is 2.05. The molecule has 0 aliphatic carbocycles. The molecule has 17 heavy (non-hydrogen) atoms. The molecule has 0 bridgehead atoms. The quantitative estimate of drug-likeness (QED) is 0.342. The maximum atomic E-state index is 9.08. The summed E-state index contributed by atoms with van der Waals surface area (Å²) in [6.07, 6.45) is 0. The molecule has 2 radical (unpaired) electrons. The molecule has 88 valence electrons. The minimum absolute atomic E-state index is 0.141. The summed E-state index contributed by atoms with van der Waals surface area (Å²) in [4.78, 5) is 0. The minimum atomic E-state index is -0.216. The smallest absolute Gasteiger partial charge is 0.256 e. The number of amidine groups is 1. The molecule has 0 atom stereocenters. The minimum Gasteiger partial charge on any atom is -0.434 e. The molecular weight excluding hydrogens is 237 g/mol. The first-order valence-corrected chi connectivity index (χ1v) is 5.53. The van der Waals surface area contributed by atoms with Crippen LogP contribution in [0.4, 0.5) is 0 Å². The van der Waals surface area contributed by atoms with Gasteiger partial charge in [0.05, 0.1) is 6.61 Å². The van der Waals surface area contributed by atoms with Crippen LogP contribution in [0.25, 0.3) is 0 Å². The highest BCUT2D eigenvalue weighted by Crippen LogP contribution is 2.17. The van der Waals surface area contributed by atoms with Crippen LogP contribution in [0.3, 0.4) is 0 Å². The summed E-state index contributed by atoms with van der Waals surface area (Å²) in [6.45, 7) is 1.65. The second-order valence-electron chi connectivity index (χ2n) is 3.32. The van der Waals surface area contributed by atoms with Crippen molar-refractivity contribution in [2.45, 2.75) is 13.5 Å². The van der Waals surface area contributed by atoms with E-state index in [4.69, 9.17) is 34.2 Å². The normalized spacial score (nSPS) is 10.0. The largest absolute Gasteiger partial charge is 0.434 e. The summed E-state index contributed by atoms with van der Waals surface area (Å²) >= 11 is 0.703. The molecule has 7 heteroatoms. The van der Waals surface area contributed by atoms with Crippen molar-refractivity contribution in [2.75, 3.05) is 0 Å². The van der Waals surface area contributed by atoms with Gasteiger partial charge in [-0.1, -0.05) is 5.46 Å². The Morgan fingerprint density at radius 1 is 1.53 bits per heavy atom. The summed E-state index contributed by atoms with van der Waals surface area (Å²) in [7, 11) is 5.73. The van der Waals surface area contributed by atoms with Crippen molar-refractivity contribution in [3.8, 4) is 5.75 Å². The number of hydrogen-bond acceptors (Lipinski definition) is 5. The molecule has 0 aromatic heterocycles. The topological polar surface area (TPSA) is 103 Å². The molecule has 0 heterocycles. The van der Waals surface area contributed by atoms with Crippen LogP contribution < -0.4 is 15.9 Å². The molecule has 1 rings (SSSR count). The summed E-state index contributed by atoms with van der Waals surface area (Å²) in [5.41, 5.74) is 6.95. The summed E-state index contributed by atoms with van der Waals surface area (Å²) < 4.78 is 5.15. The number of aryl methyl sites for hydroxylation is 1. The Bertz CT molecular complexity index is 442. The second-order valence-corrected chi connectivity index (χ2v) is 4.34. The fourth-order valence-electron chi connectivity index (χ4n) is 1.31. The van der Waals surface area contributed by atoms with Crippen molar-refractivity contribution in [3.05, 3.63) is 23.3 Å². The highest BCUT2D eigenvalue weighted by atomic mass is 32.2. The van der Waals surface area contributed by atoms with E-state index in [1.807, 2.05) is 0 Å². The Morgan fingerprint density at radius 3 is 2.65 bits per heavy atom. The van der Waals surface area contributed by atoms with Gasteiger partial charge in [-0.3, -0.25) is 10.8 Å². The molecule has 0 fully saturated rings. The zero-order valence-electron chi connectivity index (χ0n) is 9.28. The van der Waals surface area contributed by atoms with E-state index in [-0.39, 0.29) is 17.0 Å². The zero-order chi connectivity index (χ0) is 13.0. The van der Waals surface area contributed by atoms with Gasteiger partial charge in [-0.2, -0.15) is 0 Å². The maximum Gasteiger partial charge on any atom is 0.256 e. The molecule has 1 aromatic rings. The van der Waals surface area contributed by atoms with Crippen LogP contribution in [0.15, 0.2) is 12.1 Å². The van der Waals surface area contributed by atoms with Crippen molar-refractivity contribution in [1.29, 1.82) is 10.8 Å². The van der Waals surface area contributed by atoms with Crippen LogP contribution >= 0.6 is 11.8 Å². The van der Waals surface area contributed by atoms with Gasteiger partial charge in [0.1, 0.15) is 13.6 Å². The fraction of sp³-hybridized carbons (Fsp3) is 0.200. The average molecular weight is 249 g/mol. The van der Waals surface area contributed by atoms with Gasteiger partial charge in [-0.15, -0.1) is 0 Å². The lowest BCUT2D eigenvalue weighted by Crippen LogP contribution is -2.16. The van der Waals surface area contributed by atoms with Crippen molar-refractivity contribution < 1.29 is 9.84 Å². The first-order valence-electron chi connectivity index (χ1n) is 4.72. The number of nitrogens with two attached hydrogens (primary N) is 1. The van der Waals surface area contributed by atoms with Gasteiger partial charge >= 0.3 is 0 Å². The number of thioether (sulfide) groups is 1. The number of aliphatic hydroxyl groups excluding tert-OH is 1. The van der Waals surface area contributed by atoms with Crippen LogP contribution in [0.2, 0.25) is 0 Å². The molecule has 5 N–H and O–H groups in total. The highest BCUT2D eigenvalue weighted by molar-refractivity contribution is 8.26. The number of ether oxygens (including phenoxy) is 1. The lowest BCUT2D eigenvalue weighted by molar-refractivity contribution is 0.282. The van der Waals surface area contributed by atoms with Gasteiger partial charge < -0.3 is 15.6 Å². The second kappa shape index (κ2) is 5.74. The number of benzene rings is 1. The van der Waals surface area contributed by atoms with Crippen LogP contribution in [-0.4, -0.2) is 23.4 Å². The van der Waals surface area contributed by atoms with Gasteiger partial charge in [0.2, 0.25) is 0 Å². The van der Waals surface area contributed by atoms with Crippen molar-refractivity contribution in [2.24, 2.45) is 5.73 Å². The van der Waals surface area contributed by atoms with E-state index in [1.54, 1.807) is 13.0 Å². The molecule has 5 nitrogen and oxygen atoms in total. The number of rotatable bonds is 2. The van der Waals surface area contributed by atoms with E-state index in [9.17, 15) is 0 Å². The van der Waals surface area contributed by atoms with Gasteiger partial charge in [-0.25, -0.2) is 0 Å². The van der Waals surface area contributed by atoms with Crippen molar-refractivity contribution in [1.82, 2.24) is 0 Å². The van der Waals surface area contributed by atoms with Crippen LogP contribution in [-0.2, 0) is 6.61 Å². The number of hydrogen-bond donors (Lipinski definition) is 4. The van der Waals surface area contributed by atoms with E-state index in [0.717, 1.165) is 5.56 Å². The Morgan fingerprint density at radius 2 is 2.18 bits per heavy atom. The van der Waals surface area contributed by atoms with Crippen molar-refractivity contribution in [3.63, 3.8) is 0 Å². The van der Waals surface area contributed by atoms with E-state index in [0.29, 0.717) is 28.5 Å². The number of aliphatic hydroxyl groups is 1. The molecule has 0 amide bonds. The first-order chi connectivity index (χ1) is 7.93. The summed E-state index contributed by atoms with van der Waals surface area (Å²) in [5, 5.41) is 23.1. The van der Waals surface area contributed by atoms with Crippen LogP contribution in [0.1, 0.15) is 11.1 Å². The molecule has 0 spiro atoms. The van der Waals surface area contributed by atoms with Crippen LogP contribution in [0.5, 0.6) is 5.75 Å². The Hall–Kier alpha value is -1.47. The van der Waals surface area contributed by atoms with Gasteiger partial charge in [0, 0.05) is 11.8 Å². The Labute approximate surface area is 105 Å². The summed E-state index contributed by atoms with van der Waals surface area (Å²) in [5.74, 6) is 0.385. The molecule has 0 saturated carbocycles. The molecule has 0 aliphatic rings. The van der Waals surface area contributed by atoms with Gasteiger partial charge in [0.25, 0.3) is 5.23 Å². The molecule has 0 aliphatic heterocycles. The van der Waals surface area contributed by atoms with Gasteiger partial charge in [0.15, 0.2) is 5.17 Å². The fourth-order valence-corrected chi connectivity index (χ4v) is 1.65. The monoisotopic (exact) mass is 249 g/mol. The molecular formula is C10H12BN3O2S. The third kappa shape index (κ3) is 3.79. The molecule has 0 saturated heterocycles. The van der Waals surface area contributed by atoms with Crippen molar-refractivity contribution >= 4 is 35.5 Å². The lowest BCUT2D eigenvalue weighted by Gasteiger charge is -2.11.